The lowest BCUT2D eigenvalue weighted by atomic mass is 10.1. The number of pyridine rings is 3. The maximum atomic E-state index is 4.99. The van der Waals surface area contributed by atoms with Crippen molar-refractivity contribution in [3.63, 3.8) is 0 Å². The van der Waals surface area contributed by atoms with Crippen LogP contribution < -0.4 is 4.90 Å². The van der Waals surface area contributed by atoms with Gasteiger partial charge in [-0.05, 0) is 78.9 Å². The zero-order valence-corrected chi connectivity index (χ0v) is 21.5. The van der Waals surface area contributed by atoms with Gasteiger partial charge in [0.15, 0.2) is 0 Å². The van der Waals surface area contributed by atoms with Gasteiger partial charge in [0.1, 0.15) is 5.65 Å². The summed E-state index contributed by atoms with van der Waals surface area (Å²) in [7, 11) is 0. The van der Waals surface area contributed by atoms with Gasteiger partial charge in [-0.1, -0.05) is 48.5 Å². The van der Waals surface area contributed by atoms with Gasteiger partial charge >= 0.3 is 0 Å². The molecular formula is C35H23N5. The second-order valence-corrected chi connectivity index (χ2v) is 9.80. The number of nitrogens with zero attached hydrogens (tertiary/aromatic N) is 5. The molecule has 0 fully saturated rings. The molecule has 4 heterocycles. The van der Waals surface area contributed by atoms with Crippen molar-refractivity contribution in [3.8, 4) is 11.3 Å². The summed E-state index contributed by atoms with van der Waals surface area (Å²) >= 11 is 0. The Morgan fingerprint density at radius 3 is 2.23 bits per heavy atom. The van der Waals surface area contributed by atoms with E-state index in [9.17, 15) is 0 Å². The van der Waals surface area contributed by atoms with E-state index >= 15 is 0 Å². The van der Waals surface area contributed by atoms with Crippen LogP contribution in [-0.2, 0) is 0 Å². The summed E-state index contributed by atoms with van der Waals surface area (Å²) in [5.41, 5.74) is 10.2. The SMILES string of the molecule is c1ccc(N(c2cccc(-c3ccccn3)c2)c2ccc3c(c2)c2ncccc2c2nc4ccccc4n32)cc1. The predicted octanol–water partition coefficient (Wildman–Crippen LogP) is 8.72. The molecule has 0 aliphatic heterocycles. The van der Waals surface area contributed by atoms with Crippen molar-refractivity contribution in [2.24, 2.45) is 0 Å². The highest BCUT2D eigenvalue weighted by atomic mass is 15.1. The molecule has 0 saturated heterocycles. The van der Waals surface area contributed by atoms with Gasteiger partial charge in [-0.2, -0.15) is 0 Å². The fraction of sp³-hybridized carbons (Fsp3) is 0. The molecular weight excluding hydrogens is 490 g/mol. The van der Waals surface area contributed by atoms with Gasteiger partial charge in [-0.3, -0.25) is 14.4 Å². The second-order valence-electron chi connectivity index (χ2n) is 9.80. The van der Waals surface area contributed by atoms with Crippen LogP contribution in [-0.4, -0.2) is 19.4 Å². The van der Waals surface area contributed by atoms with Crippen molar-refractivity contribution in [1.82, 2.24) is 19.4 Å². The molecule has 0 radical (unpaired) electrons. The van der Waals surface area contributed by atoms with Crippen molar-refractivity contribution < 1.29 is 0 Å². The van der Waals surface area contributed by atoms with Crippen LogP contribution in [0, 0.1) is 0 Å². The van der Waals surface area contributed by atoms with Gasteiger partial charge in [0.25, 0.3) is 0 Å². The lowest BCUT2D eigenvalue weighted by Crippen LogP contribution is -2.10. The van der Waals surface area contributed by atoms with Crippen LogP contribution >= 0.6 is 0 Å². The average Bonchev–Trinajstić information content (AvgIpc) is 3.43. The molecule has 5 nitrogen and oxygen atoms in total. The molecule has 188 valence electrons. The third-order valence-corrected chi connectivity index (χ3v) is 7.42. The molecule has 0 saturated carbocycles. The third kappa shape index (κ3) is 3.52. The van der Waals surface area contributed by atoms with Crippen LogP contribution in [0.1, 0.15) is 0 Å². The number of hydrogen-bond acceptors (Lipinski definition) is 4. The summed E-state index contributed by atoms with van der Waals surface area (Å²) in [5.74, 6) is 0. The Labute approximate surface area is 230 Å². The van der Waals surface area contributed by atoms with Crippen LogP contribution in [0.5, 0.6) is 0 Å². The number of anilines is 3. The Morgan fingerprint density at radius 1 is 0.525 bits per heavy atom. The topological polar surface area (TPSA) is 46.3 Å². The molecule has 5 heteroatoms. The number of rotatable bonds is 4. The van der Waals surface area contributed by atoms with E-state index in [0.717, 1.165) is 66.8 Å². The Morgan fingerprint density at radius 2 is 1.32 bits per heavy atom. The van der Waals surface area contributed by atoms with E-state index in [-0.39, 0.29) is 0 Å². The van der Waals surface area contributed by atoms with E-state index in [4.69, 9.17) is 9.97 Å². The summed E-state index contributed by atoms with van der Waals surface area (Å²) in [6.45, 7) is 0. The van der Waals surface area contributed by atoms with Crippen LogP contribution in [0.15, 0.2) is 140 Å². The van der Waals surface area contributed by atoms with Crippen molar-refractivity contribution in [1.29, 1.82) is 0 Å². The zero-order chi connectivity index (χ0) is 26.5. The first-order valence-electron chi connectivity index (χ1n) is 13.3. The first-order chi connectivity index (χ1) is 19.8. The average molecular weight is 514 g/mol. The molecule has 8 rings (SSSR count). The first kappa shape index (κ1) is 22.4. The van der Waals surface area contributed by atoms with E-state index in [1.54, 1.807) is 0 Å². The molecule has 0 unspecified atom stereocenters. The second kappa shape index (κ2) is 9.03. The molecule has 0 atom stereocenters. The van der Waals surface area contributed by atoms with E-state index in [2.05, 4.69) is 105 Å². The molecule has 40 heavy (non-hydrogen) atoms. The summed E-state index contributed by atoms with van der Waals surface area (Å²) in [6, 6.07) is 44.0. The van der Waals surface area contributed by atoms with E-state index in [1.807, 2.05) is 48.8 Å². The standard InChI is InChI=1S/C35H23N5/c1-2-11-25(12-3-1)39(26-13-8-10-24(22-26)30-15-6-7-20-36-30)27-18-19-32-29(23-27)34-28(14-9-21-37-34)35-38-31-16-4-5-17-33(31)40(32)35/h1-23H. The number of aromatic nitrogens is 4. The quantitative estimate of drug-likeness (QED) is 0.221. The summed E-state index contributed by atoms with van der Waals surface area (Å²) in [5, 5.41) is 2.11. The number of imidazole rings is 1. The number of benzene rings is 4. The minimum absolute atomic E-state index is 0.924. The fourth-order valence-corrected chi connectivity index (χ4v) is 5.66. The first-order valence-corrected chi connectivity index (χ1v) is 13.3. The molecule has 0 bridgehead atoms. The molecule has 4 aromatic heterocycles. The van der Waals surface area contributed by atoms with Gasteiger partial charge in [0.05, 0.1) is 27.8 Å². The normalized spacial score (nSPS) is 11.5. The molecule has 0 amide bonds. The number of fused-ring (bicyclic) bond motifs is 8. The van der Waals surface area contributed by atoms with Crippen molar-refractivity contribution in [3.05, 3.63) is 140 Å². The van der Waals surface area contributed by atoms with Crippen LogP contribution in [0.25, 0.3) is 49.7 Å². The van der Waals surface area contributed by atoms with Gasteiger partial charge in [0, 0.05) is 45.8 Å². The lowest BCUT2D eigenvalue weighted by molar-refractivity contribution is 1.27. The summed E-state index contributed by atoms with van der Waals surface area (Å²) in [4.78, 5) is 16.7. The molecule has 0 N–H and O–H groups in total. The highest BCUT2D eigenvalue weighted by Crippen LogP contribution is 2.39. The Balaban J connectivity index is 1.41. The highest BCUT2D eigenvalue weighted by molar-refractivity contribution is 6.12. The van der Waals surface area contributed by atoms with Gasteiger partial charge in [0.2, 0.25) is 0 Å². The van der Waals surface area contributed by atoms with E-state index < -0.39 is 0 Å². The molecule has 8 aromatic rings. The van der Waals surface area contributed by atoms with Gasteiger partial charge in [-0.25, -0.2) is 4.98 Å². The Hall–Kier alpha value is -5.55. The molecule has 0 aliphatic rings. The third-order valence-electron chi connectivity index (χ3n) is 7.42. The predicted molar refractivity (Wildman–Crippen MR) is 163 cm³/mol. The zero-order valence-electron chi connectivity index (χ0n) is 21.5. The molecule has 0 spiro atoms. The largest absolute Gasteiger partial charge is 0.310 e. The summed E-state index contributed by atoms with van der Waals surface area (Å²) < 4.78 is 2.26. The van der Waals surface area contributed by atoms with Crippen LogP contribution in [0.2, 0.25) is 0 Å². The smallest absolute Gasteiger partial charge is 0.147 e. The van der Waals surface area contributed by atoms with Crippen molar-refractivity contribution >= 4 is 55.5 Å². The fourth-order valence-electron chi connectivity index (χ4n) is 5.66. The maximum Gasteiger partial charge on any atom is 0.147 e. The lowest BCUT2D eigenvalue weighted by Gasteiger charge is -2.26. The van der Waals surface area contributed by atoms with E-state index in [1.165, 1.54) is 0 Å². The molecule has 4 aromatic carbocycles. The molecule has 0 aliphatic carbocycles. The Kier molecular flexibility index (Phi) is 5.07. The van der Waals surface area contributed by atoms with Crippen LogP contribution in [0.3, 0.4) is 0 Å². The Bertz CT molecular complexity index is 2170. The minimum atomic E-state index is 0.924. The number of hydrogen-bond donors (Lipinski definition) is 0. The highest BCUT2D eigenvalue weighted by Gasteiger charge is 2.18. The minimum Gasteiger partial charge on any atom is -0.310 e. The number of para-hydroxylation sites is 3. The van der Waals surface area contributed by atoms with Gasteiger partial charge in [-0.15, -0.1) is 0 Å². The van der Waals surface area contributed by atoms with Crippen LogP contribution in [0.4, 0.5) is 17.1 Å². The maximum absolute atomic E-state index is 4.99. The summed E-state index contributed by atoms with van der Waals surface area (Å²) in [6.07, 6.45) is 3.69. The van der Waals surface area contributed by atoms with Gasteiger partial charge < -0.3 is 4.90 Å². The van der Waals surface area contributed by atoms with Crippen molar-refractivity contribution in [2.45, 2.75) is 0 Å². The van der Waals surface area contributed by atoms with Crippen molar-refractivity contribution in [2.75, 3.05) is 4.90 Å². The van der Waals surface area contributed by atoms with E-state index in [0.29, 0.717) is 0 Å². The monoisotopic (exact) mass is 513 g/mol.